The molecular weight excluding hydrogens is 227 g/mol. The van der Waals surface area contributed by atoms with Crippen molar-refractivity contribution in [1.29, 1.82) is 0 Å². The van der Waals surface area contributed by atoms with E-state index in [1.807, 2.05) is 19.9 Å². The number of halogens is 2. The highest BCUT2D eigenvalue weighted by atomic mass is 35.5. The van der Waals surface area contributed by atoms with Gasteiger partial charge in [-0.25, -0.2) is 4.39 Å². The van der Waals surface area contributed by atoms with Gasteiger partial charge in [0, 0.05) is 6.61 Å². The van der Waals surface area contributed by atoms with Crippen LogP contribution in [0.15, 0.2) is 18.2 Å². The van der Waals surface area contributed by atoms with Crippen LogP contribution in [0.5, 0.6) is 0 Å². The van der Waals surface area contributed by atoms with Crippen molar-refractivity contribution >= 4 is 11.6 Å². The summed E-state index contributed by atoms with van der Waals surface area (Å²) < 4.78 is 13.3. The molecule has 0 saturated carbocycles. The van der Waals surface area contributed by atoms with Gasteiger partial charge in [-0.3, -0.25) is 0 Å². The van der Waals surface area contributed by atoms with Crippen LogP contribution >= 0.6 is 11.6 Å². The maximum absolute atomic E-state index is 13.3. The summed E-state index contributed by atoms with van der Waals surface area (Å²) in [5.41, 5.74) is 0.594. The number of benzene rings is 1. The summed E-state index contributed by atoms with van der Waals surface area (Å²) in [4.78, 5) is 0. The van der Waals surface area contributed by atoms with Gasteiger partial charge in [0.15, 0.2) is 0 Å². The van der Waals surface area contributed by atoms with Gasteiger partial charge >= 0.3 is 0 Å². The molecule has 0 heterocycles. The van der Waals surface area contributed by atoms with Crippen LogP contribution in [0.3, 0.4) is 0 Å². The maximum atomic E-state index is 13.3. The van der Waals surface area contributed by atoms with E-state index in [4.69, 9.17) is 11.6 Å². The van der Waals surface area contributed by atoms with Crippen molar-refractivity contribution in [1.82, 2.24) is 0 Å². The van der Waals surface area contributed by atoms with Gasteiger partial charge in [-0.15, -0.1) is 0 Å². The van der Waals surface area contributed by atoms with Gasteiger partial charge in [-0.05, 0) is 36.3 Å². The summed E-state index contributed by atoms with van der Waals surface area (Å²) in [5.74, 6) is -0.391. The fraction of sp³-hybridized carbons (Fsp3) is 0.538. The quantitative estimate of drug-likeness (QED) is 0.835. The van der Waals surface area contributed by atoms with Crippen LogP contribution in [-0.4, -0.2) is 11.7 Å². The molecule has 0 aromatic heterocycles. The Kier molecular flexibility index (Phi) is 4.75. The molecule has 0 aliphatic carbocycles. The van der Waals surface area contributed by atoms with Crippen LogP contribution in [-0.2, 0) is 6.42 Å². The molecule has 0 atom stereocenters. The average Bonchev–Trinajstić information content (AvgIpc) is 2.32. The highest BCUT2D eigenvalue weighted by Crippen LogP contribution is 2.33. The normalized spacial score (nSPS) is 11.8. The van der Waals surface area contributed by atoms with Crippen LogP contribution in [0, 0.1) is 11.2 Å². The third-order valence-corrected chi connectivity index (χ3v) is 3.86. The summed E-state index contributed by atoms with van der Waals surface area (Å²) >= 11 is 5.91. The minimum Gasteiger partial charge on any atom is -0.396 e. The first-order valence-electron chi connectivity index (χ1n) is 5.62. The lowest BCUT2D eigenvalue weighted by Gasteiger charge is -2.29. The summed E-state index contributed by atoms with van der Waals surface area (Å²) in [6, 6.07) is 4.83. The van der Waals surface area contributed by atoms with Crippen molar-refractivity contribution in [3.8, 4) is 0 Å². The third kappa shape index (κ3) is 2.74. The largest absolute Gasteiger partial charge is 0.396 e. The molecule has 0 amide bonds. The lowest BCUT2D eigenvalue weighted by molar-refractivity contribution is 0.115. The number of aliphatic hydroxyl groups excluding tert-OH is 1. The Morgan fingerprint density at radius 3 is 2.44 bits per heavy atom. The van der Waals surface area contributed by atoms with E-state index in [1.165, 1.54) is 6.07 Å². The Bertz CT molecular complexity index is 340. The third-order valence-electron chi connectivity index (χ3n) is 3.43. The summed E-state index contributed by atoms with van der Waals surface area (Å²) in [7, 11) is 0. The molecule has 16 heavy (non-hydrogen) atoms. The van der Waals surface area contributed by atoms with E-state index < -0.39 is 5.82 Å². The molecular formula is C13H18ClFO. The molecule has 0 aliphatic rings. The van der Waals surface area contributed by atoms with Gasteiger partial charge in [0.2, 0.25) is 0 Å². The summed E-state index contributed by atoms with van der Waals surface area (Å²) in [5, 5.41) is 9.64. The van der Waals surface area contributed by atoms with Crippen molar-refractivity contribution in [2.75, 3.05) is 6.61 Å². The second kappa shape index (κ2) is 5.65. The molecule has 0 saturated heterocycles. The van der Waals surface area contributed by atoms with Gasteiger partial charge in [-0.1, -0.05) is 37.6 Å². The highest BCUT2D eigenvalue weighted by molar-refractivity contribution is 6.31. The monoisotopic (exact) mass is 244 g/mol. The van der Waals surface area contributed by atoms with Crippen molar-refractivity contribution in [2.24, 2.45) is 5.41 Å². The van der Waals surface area contributed by atoms with Gasteiger partial charge in [0.1, 0.15) is 5.82 Å². The van der Waals surface area contributed by atoms with Gasteiger partial charge in [0.25, 0.3) is 0 Å². The molecule has 0 bridgehead atoms. The number of hydrogen-bond donors (Lipinski definition) is 1. The van der Waals surface area contributed by atoms with Crippen LogP contribution in [0.1, 0.15) is 32.3 Å². The molecule has 90 valence electrons. The van der Waals surface area contributed by atoms with Gasteiger partial charge in [0.05, 0.1) is 5.02 Å². The topological polar surface area (TPSA) is 20.2 Å². The first kappa shape index (κ1) is 13.5. The molecule has 0 unspecified atom stereocenters. The van der Waals surface area contributed by atoms with Gasteiger partial charge < -0.3 is 5.11 Å². The van der Waals surface area contributed by atoms with Crippen LogP contribution in [0.4, 0.5) is 4.39 Å². The zero-order valence-corrected chi connectivity index (χ0v) is 10.5. The molecule has 1 aromatic rings. The van der Waals surface area contributed by atoms with E-state index in [0.29, 0.717) is 6.42 Å². The molecule has 1 nitrogen and oxygen atoms in total. The first-order chi connectivity index (χ1) is 7.58. The average molecular weight is 245 g/mol. The van der Waals surface area contributed by atoms with Crippen LogP contribution in [0.2, 0.25) is 5.02 Å². The number of aliphatic hydroxyl groups is 1. The zero-order chi connectivity index (χ0) is 12.2. The van der Waals surface area contributed by atoms with Crippen molar-refractivity contribution < 1.29 is 9.50 Å². The van der Waals surface area contributed by atoms with E-state index in [2.05, 4.69) is 0 Å². The maximum Gasteiger partial charge on any atom is 0.142 e. The molecule has 0 spiro atoms. The van der Waals surface area contributed by atoms with Gasteiger partial charge in [-0.2, -0.15) is 0 Å². The minimum absolute atomic E-state index is 0.104. The number of hydrogen-bond acceptors (Lipinski definition) is 1. The smallest absolute Gasteiger partial charge is 0.142 e. The first-order valence-corrected chi connectivity index (χ1v) is 6.00. The molecule has 1 rings (SSSR count). The Morgan fingerprint density at radius 1 is 1.31 bits per heavy atom. The lowest BCUT2D eigenvalue weighted by atomic mass is 9.78. The fourth-order valence-corrected chi connectivity index (χ4v) is 2.06. The SMILES string of the molecule is CCC(CC)(CO)Cc1cccc(F)c1Cl. The predicted molar refractivity (Wildman–Crippen MR) is 65.2 cm³/mol. The molecule has 0 radical (unpaired) electrons. The van der Waals surface area contributed by atoms with E-state index in [9.17, 15) is 9.50 Å². The zero-order valence-electron chi connectivity index (χ0n) is 9.76. The number of rotatable bonds is 5. The molecule has 0 aliphatic heterocycles. The van der Waals surface area contributed by atoms with Crippen molar-refractivity contribution in [3.05, 3.63) is 34.6 Å². The van der Waals surface area contributed by atoms with Crippen molar-refractivity contribution in [2.45, 2.75) is 33.1 Å². The van der Waals surface area contributed by atoms with Crippen molar-refractivity contribution in [3.63, 3.8) is 0 Å². The molecule has 1 aromatic carbocycles. The minimum atomic E-state index is -0.391. The Balaban J connectivity index is 2.98. The second-order valence-electron chi connectivity index (χ2n) is 4.25. The Hall–Kier alpha value is -0.600. The standard InChI is InChI=1S/C13H18ClFO/c1-3-13(4-2,9-16)8-10-6-5-7-11(15)12(10)14/h5-7,16H,3-4,8-9H2,1-2H3. The lowest BCUT2D eigenvalue weighted by Crippen LogP contribution is -2.26. The fourth-order valence-electron chi connectivity index (χ4n) is 1.87. The molecule has 0 fully saturated rings. The second-order valence-corrected chi connectivity index (χ2v) is 4.63. The van der Waals surface area contributed by atoms with Crippen LogP contribution in [0.25, 0.3) is 0 Å². The Morgan fingerprint density at radius 2 is 1.94 bits per heavy atom. The predicted octanol–water partition coefficient (Wildman–Crippen LogP) is 3.82. The van der Waals surface area contributed by atoms with E-state index in [1.54, 1.807) is 6.07 Å². The molecule has 3 heteroatoms. The molecule has 1 N–H and O–H groups in total. The van der Waals surface area contributed by atoms with E-state index in [-0.39, 0.29) is 17.0 Å². The highest BCUT2D eigenvalue weighted by Gasteiger charge is 2.26. The van der Waals surface area contributed by atoms with E-state index >= 15 is 0 Å². The summed E-state index contributed by atoms with van der Waals surface area (Å²) in [6.07, 6.45) is 2.33. The Labute approximate surface area is 101 Å². The summed E-state index contributed by atoms with van der Waals surface area (Å²) in [6.45, 7) is 4.17. The van der Waals surface area contributed by atoms with Crippen LogP contribution < -0.4 is 0 Å². The van der Waals surface area contributed by atoms with E-state index in [0.717, 1.165) is 18.4 Å².